The molecule has 3 aromatic rings. The van der Waals surface area contributed by atoms with E-state index in [1.807, 2.05) is 16.9 Å². The normalized spacial score (nSPS) is 17.9. The van der Waals surface area contributed by atoms with E-state index < -0.39 is 0 Å². The van der Waals surface area contributed by atoms with Crippen molar-refractivity contribution in [1.29, 1.82) is 0 Å². The lowest BCUT2D eigenvalue weighted by Gasteiger charge is -2.20. The van der Waals surface area contributed by atoms with E-state index in [2.05, 4.69) is 70.7 Å². The first-order chi connectivity index (χ1) is 12.3. The minimum absolute atomic E-state index is 0.119. The van der Waals surface area contributed by atoms with Crippen LogP contribution in [0.4, 0.5) is 0 Å². The van der Waals surface area contributed by atoms with Gasteiger partial charge in [0.05, 0.1) is 19.3 Å². The zero-order chi connectivity index (χ0) is 17.1. The third-order valence-corrected chi connectivity index (χ3v) is 4.49. The third-order valence-electron chi connectivity index (χ3n) is 4.49. The molecule has 1 aromatic heterocycles. The van der Waals surface area contributed by atoms with Crippen LogP contribution in [0.3, 0.4) is 0 Å². The highest BCUT2D eigenvalue weighted by atomic mass is 16.5. The molecule has 2 heterocycles. The smallest absolute Gasteiger partial charge is 0.157 e. The van der Waals surface area contributed by atoms with E-state index in [4.69, 9.17) is 4.74 Å². The molecule has 0 amide bonds. The van der Waals surface area contributed by atoms with Crippen molar-refractivity contribution in [3.8, 4) is 0 Å². The van der Waals surface area contributed by atoms with Crippen molar-refractivity contribution in [2.75, 3.05) is 13.2 Å². The zero-order valence-electron chi connectivity index (χ0n) is 14.4. The van der Waals surface area contributed by atoms with Crippen LogP contribution in [-0.4, -0.2) is 33.0 Å². The Bertz CT molecular complexity index is 813. The summed E-state index contributed by atoms with van der Waals surface area (Å²) in [7, 11) is 0. The molecule has 1 aliphatic rings. The molecule has 5 heteroatoms. The van der Waals surface area contributed by atoms with Crippen molar-refractivity contribution in [2.24, 2.45) is 0 Å². The number of hydrogen-bond acceptors (Lipinski definition) is 4. The molecule has 0 aliphatic carbocycles. The average Bonchev–Trinajstić information content (AvgIpc) is 3.27. The molecule has 2 aromatic carbocycles. The van der Waals surface area contributed by atoms with Gasteiger partial charge in [-0.15, -0.1) is 5.10 Å². The average molecular weight is 334 g/mol. The highest BCUT2D eigenvalue weighted by molar-refractivity contribution is 5.21. The fraction of sp³-hybridized carbons (Fsp3) is 0.300. The monoisotopic (exact) mass is 334 g/mol. The molecule has 1 fully saturated rings. The summed E-state index contributed by atoms with van der Waals surface area (Å²) < 4.78 is 7.79. The van der Waals surface area contributed by atoms with Crippen molar-refractivity contribution in [3.05, 3.63) is 83.2 Å². The van der Waals surface area contributed by atoms with Crippen LogP contribution in [0.2, 0.25) is 0 Å². The number of rotatable bonds is 5. The highest BCUT2D eigenvalue weighted by Crippen LogP contribution is 2.26. The second-order valence-electron chi connectivity index (χ2n) is 6.51. The Morgan fingerprint density at radius 1 is 1.00 bits per heavy atom. The Labute approximate surface area is 147 Å². The Hall–Kier alpha value is -2.50. The van der Waals surface area contributed by atoms with Crippen LogP contribution >= 0.6 is 0 Å². The maximum atomic E-state index is 5.91. The van der Waals surface area contributed by atoms with Gasteiger partial charge in [0, 0.05) is 13.1 Å². The van der Waals surface area contributed by atoms with Gasteiger partial charge in [0.1, 0.15) is 5.69 Å². The quantitative estimate of drug-likeness (QED) is 0.719. The number of benzene rings is 2. The molecular weight excluding hydrogens is 312 g/mol. The molecule has 128 valence electrons. The molecule has 0 unspecified atom stereocenters. The largest absolute Gasteiger partial charge is 0.356 e. The highest BCUT2D eigenvalue weighted by Gasteiger charge is 2.29. The third kappa shape index (κ3) is 3.78. The number of nitrogens with zero attached hydrogens (tertiary/aromatic N) is 4. The van der Waals surface area contributed by atoms with Crippen LogP contribution in [0.15, 0.2) is 60.8 Å². The summed E-state index contributed by atoms with van der Waals surface area (Å²) in [5, 5.41) is 8.63. The number of hydrogen-bond donors (Lipinski definition) is 0. The summed E-state index contributed by atoms with van der Waals surface area (Å²) >= 11 is 0. The summed E-state index contributed by atoms with van der Waals surface area (Å²) in [6, 6.07) is 19.0. The van der Waals surface area contributed by atoms with Gasteiger partial charge in [0.2, 0.25) is 0 Å². The van der Waals surface area contributed by atoms with Gasteiger partial charge in [-0.2, -0.15) is 0 Å². The Kier molecular flexibility index (Phi) is 4.59. The van der Waals surface area contributed by atoms with Gasteiger partial charge in [0.15, 0.2) is 6.23 Å². The standard InChI is InChI=1S/C20H22N4O/c1-16-7-9-18(10-8-16)14-24-15-19(21-22-24)20-23(11-12-25-20)13-17-5-3-2-4-6-17/h2-10,15,20H,11-14H2,1H3/t20-/m0/s1. The van der Waals surface area contributed by atoms with Gasteiger partial charge in [-0.25, -0.2) is 4.68 Å². The van der Waals surface area contributed by atoms with Crippen LogP contribution in [0.25, 0.3) is 0 Å². The molecule has 1 atom stereocenters. The van der Waals surface area contributed by atoms with Gasteiger partial charge in [-0.3, -0.25) is 4.90 Å². The number of aromatic nitrogens is 3. The summed E-state index contributed by atoms with van der Waals surface area (Å²) in [5.41, 5.74) is 4.64. The predicted molar refractivity (Wildman–Crippen MR) is 95.8 cm³/mol. The molecule has 0 N–H and O–H groups in total. The fourth-order valence-electron chi connectivity index (χ4n) is 3.14. The van der Waals surface area contributed by atoms with Crippen LogP contribution in [-0.2, 0) is 17.8 Å². The van der Waals surface area contributed by atoms with E-state index in [0.29, 0.717) is 0 Å². The predicted octanol–water partition coefficient (Wildman–Crippen LogP) is 3.17. The van der Waals surface area contributed by atoms with E-state index >= 15 is 0 Å². The van der Waals surface area contributed by atoms with E-state index in [1.165, 1.54) is 16.7 Å². The van der Waals surface area contributed by atoms with Crippen molar-refractivity contribution < 1.29 is 4.74 Å². The van der Waals surface area contributed by atoms with Crippen LogP contribution in [0, 0.1) is 6.92 Å². The molecule has 0 saturated carbocycles. The van der Waals surface area contributed by atoms with Gasteiger partial charge in [0.25, 0.3) is 0 Å². The molecule has 1 saturated heterocycles. The van der Waals surface area contributed by atoms with Crippen molar-refractivity contribution in [3.63, 3.8) is 0 Å². The van der Waals surface area contributed by atoms with Crippen molar-refractivity contribution in [2.45, 2.75) is 26.2 Å². The number of ether oxygens (including phenoxy) is 1. The summed E-state index contributed by atoms with van der Waals surface area (Å²) in [4.78, 5) is 2.30. The Morgan fingerprint density at radius 3 is 2.56 bits per heavy atom. The maximum Gasteiger partial charge on any atom is 0.157 e. The first-order valence-electron chi connectivity index (χ1n) is 8.63. The van der Waals surface area contributed by atoms with Crippen LogP contribution in [0.5, 0.6) is 0 Å². The topological polar surface area (TPSA) is 43.2 Å². The first-order valence-corrected chi connectivity index (χ1v) is 8.63. The summed E-state index contributed by atoms with van der Waals surface area (Å²) in [5.74, 6) is 0. The van der Waals surface area contributed by atoms with Gasteiger partial charge in [-0.1, -0.05) is 65.4 Å². The van der Waals surface area contributed by atoms with Crippen molar-refractivity contribution in [1.82, 2.24) is 19.9 Å². The SMILES string of the molecule is Cc1ccc(Cn2cc([C@@H]3OCCN3Cc3ccccc3)nn2)cc1. The minimum Gasteiger partial charge on any atom is -0.356 e. The van der Waals surface area contributed by atoms with Crippen molar-refractivity contribution >= 4 is 0 Å². The van der Waals surface area contributed by atoms with Gasteiger partial charge < -0.3 is 4.74 Å². The minimum atomic E-state index is -0.119. The van der Waals surface area contributed by atoms with Crippen LogP contribution < -0.4 is 0 Å². The zero-order valence-corrected chi connectivity index (χ0v) is 14.4. The fourth-order valence-corrected chi connectivity index (χ4v) is 3.14. The molecule has 4 rings (SSSR count). The van der Waals surface area contributed by atoms with Gasteiger partial charge in [-0.05, 0) is 18.1 Å². The first kappa shape index (κ1) is 16.0. The van der Waals surface area contributed by atoms with E-state index in [9.17, 15) is 0 Å². The molecule has 25 heavy (non-hydrogen) atoms. The Balaban J connectivity index is 1.46. The van der Waals surface area contributed by atoms with E-state index in [0.717, 1.165) is 31.9 Å². The maximum absolute atomic E-state index is 5.91. The van der Waals surface area contributed by atoms with Gasteiger partial charge >= 0.3 is 0 Å². The lowest BCUT2D eigenvalue weighted by molar-refractivity contribution is 0.0252. The number of aryl methyl sites for hydroxylation is 1. The Morgan fingerprint density at radius 2 is 1.76 bits per heavy atom. The molecule has 5 nitrogen and oxygen atoms in total. The van der Waals surface area contributed by atoms with E-state index in [-0.39, 0.29) is 6.23 Å². The molecular formula is C20H22N4O. The molecule has 0 bridgehead atoms. The second-order valence-corrected chi connectivity index (χ2v) is 6.51. The summed E-state index contributed by atoms with van der Waals surface area (Å²) in [6.45, 7) is 5.30. The molecule has 0 spiro atoms. The van der Waals surface area contributed by atoms with Crippen LogP contribution in [0.1, 0.15) is 28.6 Å². The lowest BCUT2D eigenvalue weighted by atomic mass is 10.1. The molecule has 1 aliphatic heterocycles. The molecule has 0 radical (unpaired) electrons. The summed E-state index contributed by atoms with van der Waals surface area (Å²) in [6.07, 6.45) is 1.88. The van der Waals surface area contributed by atoms with E-state index in [1.54, 1.807) is 0 Å². The lowest BCUT2D eigenvalue weighted by Crippen LogP contribution is -2.23. The second kappa shape index (κ2) is 7.17.